The second kappa shape index (κ2) is 7.99. The SMILES string of the molecule is COc1cc(CNC(=O)c2ccc(C)c(N3CCNC3=O)c2)cc(OC)c1. The minimum atomic E-state index is -0.211. The molecule has 0 aliphatic carbocycles. The molecule has 0 atom stereocenters. The lowest BCUT2D eigenvalue weighted by Crippen LogP contribution is -2.29. The van der Waals surface area contributed by atoms with Gasteiger partial charge >= 0.3 is 6.03 Å². The molecule has 3 amide bonds. The van der Waals surface area contributed by atoms with E-state index in [0.29, 0.717) is 36.7 Å². The second-order valence-electron chi connectivity index (χ2n) is 6.29. The first-order valence-electron chi connectivity index (χ1n) is 8.68. The number of ether oxygens (including phenoxy) is 2. The quantitative estimate of drug-likeness (QED) is 0.820. The molecule has 0 bridgehead atoms. The molecule has 1 fully saturated rings. The Bertz CT molecular complexity index is 844. The number of hydrogen-bond donors (Lipinski definition) is 2. The van der Waals surface area contributed by atoms with Crippen molar-refractivity contribution < 1.29 is 19.1 Å². The van der Waals surface area contributed by atoms with Crippen molar-refractivity contribution in [2.75, 3.05) is 32.2 Å². The molecule has 0 unspecified atom stereocenters. The maximum atomic E-state index is 12.6. The molecule has 142 valence electrons. The maximum absolute atomic E-state index is 12.6. The van der Waals surface area contributed by atoms with Crippen LogP contribution in [0.5, 0.6) is 11.5 Å². The lowest BCUT2D eigenvalue weighted by molar-refractivity contribution is 0.0950. The van der Waals surface area contributed by atoms with Crippen LogP contribution in [0.1, 0.15) is 21.5 Å². The summed E-state index contributed by atoms with van der Waals surface area (Å²) in [6.07, 6.45) is 0. The van der Waals surface area contributed by atoms with Gasteiger partial charge in [0.25, 0.3) is 5.91 Å². The number of urea groups is 1. The number of amides is 3. The summed E-state index contributed by atoms with van der Waals surface area (Å²) < 4.78 is 10.5. The Hall–Kier alpha value is -3.22. The highest BCUT2D eigenvalue weighted by Gasteiger charge is 2.23. The van der Waals surface area contributed by atoms with E-state index in [9.17, 15) is 9.59 Å². The first-order valence-corrected chi connectivity index (χ1v) is 8.68. The van der Waals surface area contributed by atoms with Crippen LogP contribution in [0.15, 0.2) is 36.4 Å². The lowest BCUT2D eigenvalue weighted by atomic mass is 10.1. The molecule has 1 aliphatic heterocycles. The van der Waals surface area contributed by atoms with Crippen LogP contribution in [0.4, 0.5) is 10.5 Å². The first kappa shape index (κ1) is 18.6. The summed E-state index contributed by atoms with van der Waals surface area (Å²) >= 11 is 0. The van der Waals surface area contributed by atoms with Crippen LogP contribution in [-0.4, -0.2) is 39.2 Å². The summed E-state index contributed by atoms with van der Waals surface area (Å²) in [5, 5.41) is 5.67. The number of carbonyl (C=O) groups is 2. The van der Waals surface area contributed by atoms with Gasteiger partial charge in [-0.3, -0.25) is 9.69 Å². The minimum absolute atomic E-state index is 0.140. The normalized spacial score (nSPS) is 13.3. The van der Waals surface area contributed by atoms with Crippen molar-refractivity contribution >= 4 is 17.6 Å². The predicted molar refractivity (Wildman–Crippen MR) is 103 cm³/mol. The van der Waals surface area contributed by atoms with E-state index in [1.807, 2.05) is 25.1 Å². The van der Waals surface area contributed by atoms with E-state index in [4.69, 9.17) is 9.47 Å². The van der Waals surface area contributed by atoms with Crippen molar-refractivity contribution in [1.82, 2.24) is 10.6 Å². The van der Waals surface area contributed by atoms with Crippen molar-refractivity contribution in [3.05, 3.63) is 53.1 Å². The Kier molecular flexibility index (Phi) is 5.49. The van der Waals surface area contributed by atoms with Crippen LogP contribution in [0.2, 0.25) is 0 Å². The smallest absolute Gasteiger partial charge is 0.322 e. The summed E-state index contributed by atoms with van der Waals surface area (Å²) in [6.45, 7) is 3.45. The lowest BCUT2D eigenvalue weighted by Gasteiger charge is -2.18. The third-order valence-electron chi connectivity index (χ3n) is 4.48. The van der Waals surface area contributed by atoms with Gasteiger partial charge in [-0.05, 0) is 42.3 Å². The molecule has 2 aromatic rings. The number of aryl methyl sites for hydroxylation is 1. The second-order valence-corrected chi connectivity index (χ2v) is 6.29. The van der Waals surface area contributed by atoms with Crippen LogP contribution in [-0.2, 0) is 6.54 Å². The van der Waals surface area contributed by atoms with Crippen molar-refractivity contribution in [1.29, 1.82) is 0 Å². The molecule has 2 aromatic carbocycles. The average Bonchev–Trinajstić information content (AvgIpc) is 3.11. The van der Waals surface area contributed by atoms with Gasteiger partial charge in [-0.25, -0.2) is 4.79 Å². The number of carbonyl (C=O) groups excluding carboxylic acids is 2. The molecular weight excluding hydrogens is 346 g/mol. The van der Waals surface area contributed by atoms with Crippen molar-refractivity contribution in [2.24, 2.45) is 0 Å². The van der Waals surface area contributed by atoms with E-state index < -0.39 is 0 Å². The van der Waals surface area contributed by atoms with Crippen LogP contribution >= 0.6 is 0 Å². The molecule has 1 heterocycles. The Morgan fingerprint density at radius 3 is 2.44 bits per heavy atom. The molecule has 27 heavy (non-hydrogen) atoms. The van der Waals surface area contributed by atoms with Gasteiger partial charge in [-0.15, -0.1) is 0 Å². The van der Waals surface area contributed by atoms with Gasteiger partial charge in [-0.2, -0.15) is 0 Å². The van der Waals surface area contributed by atoms with Crippen LogP contribution in [0.3, 0.4) is 0 Å². The van der Waals surface area contributed by atoms with Gasteiger partial charge in [-0.1, -0.05) is 6.07 Å². The third-order valence-corrected chi connectivity index (χ3v) is 4.48. The zero-order valence-electron chi connectivity index (χ0n) is 15.7. The Labute approximate surface area is 158 Å². The number of nitrogens with one attached hydrogen (secondary N) is 2. The zero-order valence-corrected chi connectivity index (χ0v) is 15.7. The molecule has 3 rings (SSSR count). The molecule has 7 heteroatoms. The van der Waals surface area contributed by atoms with E-state index in [-0.39, 0.29) is 11.9 Å². The number of anilines is 1. The van der Waals surface area contributed by atoms with Crippen LogP contribution in [0.25, 0.3) is 0 Å². The summed E-state index contributed by atoms with van der Waals surface area (Å²) in [5.74, 6) is 1.12. The van der Waals surface area contributed by atoms with Gasteiger partial charge in [0, 0.05) is 37.0 Å². The summed E-state index contributed by atoms with van der Waals surface area (Å²) in [7, 11) is 3.17. The molecule has 1 aliphatic rings. The third kappa shape index (κ3) is 4.13. The molecule has 0 saturated carbocycles. The Morgan fingerprint density at radius 1 is 1.15 bits per heavy atom. The molecule has 7 nitrogen and oxygen atoms in total. The monoisotopic (exact) mass is 369 g/mol. The van der Waals surface area contributed by atoms with E-state index in [2.05, 4.69) is 10.6 Å². The fourth-order valence-corrected chi connectivity index (χ4v) is 3.00. The van der Waals surface area contributed by atoms with Crippen LogP contribution < -0.4 is 25.0 Å². The van der Waals surface area contributed by atoms with Gasteiger partial charge in [0.15, 0.2) is 0 Å². The van der Waals surface area contributed by atoms with Gasteiger partial charge in [0.05, 0.1) is 14.2 Å². The maximum Gasteiger partial charge on any atom is 0.322 e. The number of benzene rings is 2. The first-order chi connectivity index (χ1) is 13.0. The molecule has 2 N–H and O–H groups in total. The van der Waals surface area contributed by atoms with Crippen LogP contribution in [0, 0.1) is 6.92 Å². The van der Waals surface area contributed by atoms with E-state index in [1.54, 1.807) is 37.3 Å². The minimum Gasteiger partial charge on any atom is -0.497 e. The van der Waals surface area contributed by atoms with Crippen molar-refractivity contribution in [3.63, 3.8) is 0 Å². The molecule has 0 spiro atoms. The number of nitrogens with zero attached hydrogens (tertiary/aromatic N) is 1. The summed E-state index contributed by atoms with van der Waals surface area (Å²) in [4.78, 5) is 26.2. The highest BCUT2D eigenvalue weighted by Crippen LogP contribution is 2.24. The molecule has 0 radical (unpaired) electrons. The fourth-order valence-electron chi connectivity index (χ4n) is 3.00. The van der Waals surface area contributed by atoms with Gasteiger partial charge in [0.1, 0.15) is 11.5 Å². The molecule has 0 aromatic heterocycles. The summed E-state index contributed by atoms with van der Waals surface area (Å²) in [6, 6.07) is 10.7. The van der Waals surface area contributed by atoms with Gasteiger partial charge in [0.2, 0.25) is 0 Å². The summed E-state index contributed by atoms with van der Waals surface area (Å²) in [5.41, 5.74) is 3.07. The Morgan fingerprint density at radius 2 is 1.85 bits per heavy atom. The molecule has 1 saturated heterocycles. The van der Waals surface area contributed by atoms with E-state index in [1.165, 1.54) is 0 Å². The highest BCUT2D eigenvalue weighted by atomic mass is 16.5. The highest BCUT2D eigenvalue weighted by molar-refractivity contribution is 5.99. The number of rotatable bonds is 6. The fraction of sp³-hybridized carbons (Fsp3) is 0.300. The van der Waals surface area contributed by atoms with Gasteiger partial charge < -0.3 is 20.1 Å². The largest absolute Gasteiger partial charge is 0.497 e. The average molecular weight is 369 g/mol. The van der Waals surface area contributed by atoms with Crippen molar-refractivity contribution in [3.8, 4) is 11.5 Å². The molecular formula is C20H23N3O4. The van der Waals surface area contributed by atoms with Crippen molar-refractivity contribution in [2.45, 2.75) is 13.5 Å². The van der Waals surface area contributed by atoms with E-state index >= 15 is 0 Å². The predicted octanol–water partition coefficient (Wildman–Crippen LogP) is 2.47. The number of hydrogen-bond acceptors (Lipinski definition) is 4. The number of methoxy groups -OCH3 is 2. The zero-order chi connectivity index (χ0) is 19.4. The topological polar surface area (TPSA) is 79.9 Å². The Balaban J connectivity index is 1.74. The standard InChI is InChI=1S/C20H23N3O4/c1-13-4-5-15(10-18(13)23-7-6-21-20(23)25)19(24)22-12-14-8-16(26-2)11-17(9-14)27-3/h4-5,8-11H,6-7,12H2,1-3H3,(H,21,25)(H,22,24). The van der Waals surface area contributed by atoms with E-state index in [0.717, 1.165) is 16.8 Å².